The van der Waals surface area contributed by atoms with Gasteiger partial charge in [-0.25, -0.2) is 4.79 Å². The van der Waals surface area contributed by atoms with Crippen molar-refractivity contribution in [2.45, 2.75) is 58.7 Å². The number of aryl methyl sites for hydroxylation is 1. The molecule has 0 aliphatic rings. The lowest BCUT2D eigenvalue weighted by Crippen LogP contribution is -2.38. The molecule has 2 aromatic carbocycles. The van der Waals surface area contributed by atoms with Crippen LogP contribution in [-0.4, -0.2) is 64.4 Å². The summed E-state index contributed by atoms with van der Waals surface area (Å²) < 4.78 is 5.14. The molecule has 0 spiro atoms. The summed E-state index contributed by atoms with van der Waals surface area (Å²) >= 11 is 0. The number of carbonyl (C=O) groups excluding carboxylic acids is 1. The number of carbonyl (C=O) groups is 1. The number of hydrogen-bond donors (Lipinski definition) is 3. The van der Waals surface area contributed by atoms with Crippen LogP contribution >= 0.6 is 0 Å². The van der Waals surface area contributed by atoms with Crippen LogP contribution < -0.4 is 5.32 Å². The van der Waals surface area contributed by atoms with E-state index in [2.05, 4.69) is 60.2 Å². The second kappa shape index (κ2) is 17.3. The van der Waals surface area contributed by atoms with E-state index in [1.807, 2.05) is 13.0 Å². The van der Waals surface area contributed by atoms with Crippen molar-refractivity contribution < 1.29 is 19.7 Å². The number of aliphatic hydroxyl groups is 1. The Kier molecular flexibility index (Phi) is 14.1. The molecule has 0 fully saturated rings. The Labute approximate surface area is 227 Å². The van der Waals surface area contributed by atoms with Crippen LogP contribution in [0.25, 0.3) is 0 Å². The maximum Gasteiger partial charge on any atom is 0.339 e. The van der Waals surface area contributed by atoms with Crippen LogP contribution in [0.15, 0.2) is 79.1 Å². The molecule has 3 atom stereocenters. The number of aliphatic hydroxyl groups excluding tert-OH is 1. The van der Waals surface area contributed by atoms with E-state index in [1.54, 1.807) is 42.6 Å². The third kappa shape index (κ3) is 11.4. The molecule has 7 heteroatoms. The first-order valence-corrected chi connectivity index (χ1v) is 13.4. The topological polar surface area (TPSA) is 94.9 Å². The number of phenols is 1. The van der Waals surface area contributed by atoms with Crippen LogP contribution in [0.2, 0.25) is 0 Å². The molecule has 0 aliphatic heterocycles. The minimum Gasteiger partial charge on any atom is -0.508 e. The standard InChI is InChI=1S/C19H25NO2.C12H18N2O2/c1-14(8-9-16-6-4-3-5-7-16)20-15(2)19(22)17-10-12-18(21)13-11-17;1-3-14(4-2)8-9-16-12(15)11-6-5-7-13-10-11/h3-7,10-15,19-22H,8-9H2,1-2H3;5-7,10H,3-4,8-9H2,1-2H3. The Hall–Kier alpha value is -3.26. The fourth-order valence-electron chi connectivity index (χ4n) is 3.99. The van der Waals surface area contributed by atoms with Crippen molar-refractivity contribution in [3.8, 4) is 5.75 Å². The normalized spacial score (nSPS) is 13.2. The predicted molar refractivity (Wildman–Crippen MR) is 152 cm³/mol. The lowest BCUT2D eigenvalue weighted by molar-refractivity contribution is 0.0466. The third-order valence-electron chi connectivity index (χ3n) is 6.40. The first kappa shape index (κ1) is 31.0. The molecule has 3 aromatic rings. The van der Waals surface area contributed by atoms with Gasteiger partial charge in [-0.05, 0) is 75.2 Å². The van der Waals surface area contributed by atoms with Gasteiger partial charge in [0.05, 0.1) is 11.7 Å². The highest BCUT2D eigenvalue weighted by Gasteiger charge is 2.18. The van der Waals surface area contributed by atoms with E-state index < -0.39 is 6.10 Å². The maximum absolute atomic E-state index is 11.5. The number of likely N-dealkylation sites (N-methyl/N-ethyl adjacent to an activating group) is 1. The molecule has 3 N–H and O–H groups in total. The van der Waals surface area contributed by atoms with E-state index in [-0.39, 0.29) is 17.8 Å². The maximum atomic E-state index is 11.5. The van der Waals surface area contributed by atoms with Crippen LogP contribution in [0.3, 0.4) is 0 Å². The molecule has 1 heterocycles. The van der Waals surface area contributed by atoms with E-state index >= 15 is 0 Å². The highest BCUT2D eigenvalue weighted by Crippen LogP contribution is 2.20. The minimum atomic E-state index is -0.584. The zero-order valence-corrected chi connectivity index (χ0v) is 23.1. The number of phenolic OH excluding ortho intramolecular Hbond substituents is 1. The number of benzene rings is 2. The van der Waals surface area contributed by atoms with Crippen molar-refractivity contribution in [2.75, 3.05) is 26.2 Å². The summed E-state index contributed by atoms with van der Waals surface area (Å²) in [4.78, 5) is 17.6. The summed E-state index contributed by atoms with van der Waals surface area (Å²) in [5, 5.41) is 23.1. The van der Waals surface area contributed by atoms with Gasteiger partial charge in [-0.2, -0.15) is 0 Å². The molecule has 0 saturated heterocycles. The molecule has 0 bridgehead atoms. The van der Waals surface area contributed by atoms with Gasteiger partial charge in [-0.15, -0.1) is 0 Å². The molecule has 1 aromatic heterocycles. The molecule has 0 radical (unpaired) electrons. The van der Waals surface area contributed by atoms with Gasteiger partial charge in [0.25, 0.3) is 0 Å². The molecule has 3 unspecified atom stereocenters. The average molecular weight is 522 g/mol. The molecular weight excluding hydrogens is 478 g/mol. The van der Waals surface area contributed by atoms with Crippen LogP contribution in [0.5, 0.6) is 5.75 Å². The van der Waals surface area contributed by atoms with Crippen molar-refractivity contribution in [3.63, 3.8) is 0 Å². The summed E-state index contributed by atoms with van der Waals surface area (Å²) in [7, 11) is 0. The quantitative estimate of drug-likeness (QED) is 0.272. The van der Waals surface area contributed by atoms with Crippen molar-refractivity contribution in [1.82, 2.24) is 15.2 Å². The average Bonchev–Trinajstić information content (AvgIpc) is 2.95. The molecule has 7 nitrogen and oxygen atoms in total. The summed E-state index contributed by atoms with van der Waals surface area (Å²) in [6.07, 6.45) is 4.61. The summed E-state index contributed by atoms with van der Waals surface area (Å²) in [6.45, 7) is 11.5. The van der Waals surface area contributed by atoms with Crippen LogP contribution in [0.4, 0.5) is 0 Å². The molecule has 38 heavy (non-hydrogen) atoms. The number of pyridine rings is 1. The lowest BCUT2D eigenvalue weighted by atomic mass is 10.0. The number of nitrogens with one attached hydrogen (secondary N) is 1. The molecule has 0 amide bonds. The SMILES string of the molecule is CC(CCc1ccccc1)NC(C)C(O)c1ccc(O)cc1.CCN(CC)CCOC(=O)c1cccnc1. The number of hydrogen-bond acceptors (Lipinski definition) is 7. The van der Waals surface area contributed by atoms with Crippen LogP contribution in [0, 0.1) is 0 Å². The van der Waals surface area contributed by atoms with Gasteiger partial charge in [-0.1, -0.05) is 56.3 Å². The summed E-state index contributed by atoms with van der Waals surface area (Å²) in [5.41, 5.74) is 2.65. The number of esters is 1. The van der Waals surface area contributed by atoms with Gasteiger partial charge in [0.1, 0.15) is 12.4 Å². The monoisotopic (exact) mass is 521 g/mol. The Morgan fingerprint density at radius 2 is 1.68 bits per heavy atom. The smallest absolute Gasteiger partial charge is 0.339 e. The Morgan fingerprint density at radius 1 is 1.00 bits per heavy atom. The highest BCUT2D eigenvalue weighted by atomic mass is 16.5. The van der Waals surface area contributed by atoms with Gasteiger partial charge in [0, 0.05) is 31.0 Å². The van der Waals surface area contributed by atoms with Crippen LogP contribution in [0.1, 0.15) is 61.7 Å². The molecule has 206 valence electrons. The van der Waals surface area contributed by atoms with Gasteiger partial charge >= 0.3 is 5.97 Å². The van der Waals surface area contributed by atoms with Crippen molar-refractivity contribution >= 4 is 5.97 Å². The number of aromatic hydroxyl groups is 1. The van der Waals surface area contributed by atoms with Crippen molar-refractivity contribution in [2.24, 2.45) is 0 Å². The Morgan fingerprint density at radius 3 is 2.29 bits per heavy atom. The van der Waals surface area contributed by atoms with Gasteiger partial charge in [0.2, 0.25) is 0 Å². The largest absolute Gasteiger partial charge is 0.508 e. The third-order valence-corrected chi connectivity index (χ3v) is 6.40. The first-order valence-electron chi connectivity index (χ1n) is 13.4. The fraction of sp³-hybridized carbons (Fsp3) is 0.419. The molecule has 0 saturated carbocycles. The van der Waals surface area contributed by atoms with E-state index in [9.17, 15) is 15.0 Å². The van der Waals surface area contributed by atoms with Gasteiger partial charge in [-0.3, -0.25) is 4.98 Å². The number of aromatic nitrogens is 1. The lowest BCUT2D eigenvalue weighted by Gasteiger charge is -2.25. The van der Waals surface area contributed by atoms with Crippen LogP contribution in [-0.2, 0) is 11.2 Å². The summed E-state index contributed by atoms with van der Waals surface area (Å²) in [5.74, 6) is -0.0898. The minimum absolute atomic E-state index is 0.0460. The Balaban J connectivity index is 0.000000281. The van der Waals surface area contributed by atoms with E-state index in [0.29, 0.717) is 18.2 Å². The van der Waals surface area contributed by atoms with E-state index in [0.717, 1.165) is 38.0 Å². The second-order valence-corrected chi connectivity index (χ2v) is 9.32. The second-order valence-electron chi connectivity index (χ2n) is 9.32. The zero-order valence-electron chi connectivity index (χ0n) is 23.1. The first-order chi connectivity index (χ1) is 18.3. The molecule has 3 rings (SSSR count). The number of ether oxygens (including phenoxy) is 1. The number of nitrogens with zero attached hydrogens (tertiary/aromatic N) is 2. The highest BCUT2D eigenvalue weighted by molar-refractivity contribution is 5.88. The van der Waals surface area contributed by atoms with Gasteiger partial charge in [0.15, 0.2) is 0 Å². The van der Waals surface area contributed by atoms with Gasteiger partial charge < -0.3 is 25.2 Å². The molecular formula is C31H43N3O4. The van der Waals surface area contributed by atoms with Crippen molar-refractivity contribution in [3.05, 3.63) is 95.8 Å². The zero-order chi connectivity index (χ0) is 27.8. The fourth-order valence-corrected chi connectivity index (χ4v) is 3.99. The number of rotatable bonds is 13. The van der Waals surface area contributed by atoms with E-state index in [4.69, 9.17) is 4.74 Å². The molecule has 0 aliphatic carbocycles. The Bertz CT molecular complexity index is 1030. The summed E-state index contributed by atoms with van der Waals surface area (Å²) in [6, 6.07) is 20.8. The van der Waals surface area contributed by atoms with E-state index in [1.165, 1.54) is 11.8 Å². The van der Waals surface area contributed by atoms with Crippen molar-refractivity contribution in [1.29, 1.82) is 0 Å². The predicted octanol–water partition coefficient (Wildman–Crippen LogP) is 5.01.